The summed E-state index contributed by atoms with van der Waals surface area (Å²) in [7, 11) is 0. The number of carboxylic acid groups (broad SMARTS) is 1. The molecule has 0 bridgehead atoms. The molecule has 0 spiro atoms. The van der Waals surface area contributed by atoms with Crippen molar-refractivity contribution in [3.8, 4) is 5.69 Å². The highest BCUT2D eigenvalue weighted by Crippen LogP contribution is 2.25. The maximum Gasteiger partial charge on any atom is 0.337 e. The fourth-order valence-electron chi connectivity index (χ4n) is 2.58. The predicted molar refractivity (Wildman–Crippen MR) is 82.2 cm³/mol. The van der Waals surface area contributed by atoms with Gasteiger partial charge in [-0.15, -0.1) is 0 Å². The van der Waals surface area contributed by atoms with Gasteiger partial charge in [0.1, 0.15) is 11.3 Å². The Morgan fingerprint density at radius 3 is 2.52 bits per heavy atom. The summed E-state index contributed by atoms with van der Waals surface area (Å²) in [5.41, 5.74) is 5.00. The minimum absolute atomic E-state index is 0.234. The Morgan fingerprint density at radius 2 is 1.86 bits per heavy atom. The van der Waals surface area contributed by atoms with Crippen LogP contribution in [0.5, 0.6) is 0 Å². The van der Waals surface area contributed by atoms with Gasteiger partial charge in [-0.2, -0.15) is 0 Å². The molecular formula is C17H16N2O2. The largest absolute Gasteiger partial charge is 0.478 e. The number of aromatic carboxylic acids is 1. The standard InChI is InChI=1S/C17H16N2O2/c1-10-7-8-13(9-11(10)2)19-12(3)18-16-14(17(20)21)5-4-6-15(16)19/h4-9H,1-3H3,(H,20,21). The number of rotatable bonds is 2. The van der Waals surface area contributed by atoms with Crippen molar-refractivity contribution in [3.05, 3.63) is 58.9 Å². The summed E-state index contributed by atoms with van der Waals surface area (Å²) in [6.07, 6.45) is 0. The zero-order valence-electron chi connectivity index (χ0n) is 12.2. The Kier molecular flexibility index (Phi) is 3.01. The van der Waals surface area contributed by atoms with Gasteiger partial charge in [-0.25, -0.2) is 9.78 Å². The molecule has 0 aliphatic heterocycles. The van der Waals surface area contributed by atoms with Crippen LogP contribution in [0, 0.1) is 20.8 Å². The van der Waals surface area contributed by atoms with Gasteiger partial charge >= 0.3 is 5.97 Å². The van der Waals surface area contributed by atoms with Crippen LogP contribution in [0.4, 0.5) is 0 Å². The lowest BCUT2D eigenvalue weighted by Gasteiger charge is -2.09. The monoisotopic (exact) mass is 280 g/mol. The van der Waals surface area contributed by atoms with Crippen LogP contribution in [0.25, 0.3) is 16.7 Å². The molecule has 0 saturated carbocycles. The molecule has 3 aromatic rings. The van der Waals surface area contributed by atoms with E-state index in [1.807, 2.05) is 23.6 Å². The molecule has 4 nitrogen and oxygen atoms in total. The molecule has 21 heavy (non-hydrogen) atoms. The van der Waals surface area contributed by atoms with Gasteiger partial charge in [0.25, 0.3) is 0 Å². The molecule has 0 atom stereocenters. The van der Waals surface area contributed by atoms with Crippen LogP contribution in [0.3, 0.4) is 0 Å². The van der Waals surface area contributed by atoms with Crippen molar-refractivity contribution in [1.29, 1.82) is 0 Å². The maximum absolute atomic E-state index is 11.3. The molecule has 0 fully saturated rings. The van der Waals surface area contributed by atoms with Crippen LogP contribution in [-0.2, 0) is 0 Å². The molecule has 4 heteroatoms. The Morgan fingerprint density at radius 1 is 1.10 bits per heavy atom. The first kappa shape index (κ1) is 13.4. The van der Waals surface area contributed by atoms with E-state index in [4.69, 9.17) is 0 Å². The van der Waals surface area contributed by atoms with E-state index in [0.717, 1.165) is 17.0 Å². The lowest BCUT2D eigenvalue weighted by molar-refractivity contribution is 0.0699. The first-order chi connectivity index (χ1) is 9.99. The van der Waals surface area contributed by atoms with Crippen molar-refractivity contribution in [2.75, 3.05) is 0 Å². The SMILES string of the molecule is Cc1ccc(-n2c(C)nc3c(C(=O)O)cccc32)cc1C. The topological polar surface area (TPSA) is 55.1 Å². The van der Waals surface area contributed by atoms with Gasteiger partial charge in [0.2, 0.25) is 0 Å². The molecule has 0 saturated heterocycles. The molecule has 3 rings (SSSR count). The zero-order valence-corrected chi connectivity index (χ0v) is 12.2. The number of imidazole rings is 1. The van der Waals surface area contributed by atoms with E-state index in [1.54, 1.807) is 12.1 Å². The maximum atomic E-state index is 11.3. The fraction of sp³-hybridized carbons (Fsp3) is 0.176. The van der Waals surface area contributed by atoms with E-state index < -0.39 is 5.97 Å². The van der Waals surface area contributed by atoms with Crippen LogP contribution in [-0.4, -0.2) is 20.6 Å². The van der Waals surface area contributed by atoms with Crippen LogP contribution in [0.2, 0.25) is 0 Å². The highest BCUT2D eigenvalue weighted by molar-refractivity contribution is 6.01. The average Bonchev–Trinajstić information content (AvgIpc) is 2.77. The van der Waals surface area contributed by atoms with Gasteiger partial charge in [0.05, 0.1) is 11.1 Å². The quantitative estimate of drug-likeness (QED) is 0.779. The van der Waals surface area contributed by atoms with Crippen molar-refractivity contribution in [2.24, 2.45) is 0 Å². The smallest absolute Gasteiger partial charge is 0.337 e. The van der Waals surface area contributed by atoms with Gasteiger partial charge in [-0.1, -0.05) is 12.1 Å². The van der Waals surface area contributed by atoms with Gasteiger partial charge in [0, 0.05) is 5.69 Å². The third-order valence-corrected chi connectivity index (χ3v) is 3.83. The lowest BCUT2D eigenvalue weighted by Crippen LogP contribution is -1.99. The highest BCUT2D eigenvalue weighted by atomic mass is 16.4. The molecule has 1 N–H and O–H groups in total. The van der Waals surface area contributed by atoms with Gasteiger partial charge in [-0.3, -0.25) is 4.57 Å². The van der Waals surface area contributed by atoms with E-state index in [9.17, 15) is 9.90 Å². The normalized spacial score (nSPS) is 11.0. The summed E-state index contributed by atoms with van der Waals surface area (Å²) < 4.78 is 1.99. The summed E-state index contributed by atoms with van der Waals surface area (Å²) in [4.78, 5) is 15.8. The van der Waals surface area contributed by atoms with E-state index >= 15 is 0 Å². The number of aromatic nitrogens is 2. The highest BCUT2D eigenvalue weighted by Gasteiger charge is 2.16. The number of nitrogens with zero attached hydrogens (tertiary/aromatic N) is 2. The van der Waals surface area contributed by atoms with E-state index in [1.165, 1.54) is 11.1 Å². The van der Waals surface area contributed by atoms with Gasteiger partial charge in [-0.05, 0) is 56.2 Å². The molecular weight excluding hydrogens is 264 g/mol. The second-order valence-corrected chi connectivity index (χ2v) is 5.24. The van der Waals surface area contributed by atoms with Crippen molar-refractivity contribution < 1.29 is 9.90 Å². The minimum Gasteiger partial charge on any atom is -0.478 e. The summed E-state index contributed by atoms with van der Waals surface area (Å²) in [5.74, 6) is -0.174. The van der Waals surface area contributed by atoms with Crippen LogP contribution in [0.1, 0.15) is 27.3 Å². The number of hydrogen-bond acceptors (Lipinski definition) is 2. The molecule has 0 aliphatic rings. The first-order valence-corrected chi connectivity index (χ1v) is 6.78. The summed E-state index contributed by atoms with van der Waals surface area (Å²) in [6.45, 7) is 6.03. The number of carboxylic acids is 1. The Balaban J connectivity index is 2.32. The van der Waals surface area contributed by atoms with E-state index in [-0.39, 0.29) is 5.56 Å². The third-order valence-electron chi connectivity index (χ3n) is 3.83. The Bertz CT molecular complexity index is 863. The van der Waals surface area contributed by atoms with Crippen LogP contribution in [0.15, 0.2) is 36.4 Å². The van der Waals surface area contributed by atoms with Crippen molar-refractivity contribution in [2.45, 2.75) is 20.8 Å². The summed E-state index contributed by atoms with van der Waals surface area (Å²) >= 11 is 0. The summed E-state index contributed by atoms with van der Waals surface area (Å²) in [5, 5.41) is 9.28. The molecule has 1 heterocycles. The fourth-order valence-corrected chi connectivity index (χ4v) is 2.58. The number of hydrogen-bond donors (Lipinski definition) is 1. The summed E-state index contributed by atoms with van der Waals surface area (Å²) in [6, 6.07) is 11.4. The molecule has 0 radical (unpaired) electrons. The van der Waals surface area contributed by atoms with Gasteiger partial charge < -0.3 is 5.11 Å². The van der Waals surface area contributed by atoms with Gasteiger partial charge in [0.15, 0.2) is 0 Å². The predicted octanol–water partition coefficient (Wildman–Crippen LogP) is 3.65. The molecule has 0 amide bonds. The lowest BCUT2D eigenvalue weighted by atomic mass is 10.1. The van der Waals surface area contributed by atoms with Crippen molar-refractivity contribution >= 4 is 17.0 Å². The number of para-hydroxylation sites is 1. The molecule has 106 valence electrons. The van der Waals surface area contributed by atoms with E-state index in [0.29, 0.717) is 5.52 Å². The molecule has 1 aromatic heterocycles. The number of benzene rings is 2. The second-order valence-electron chi connectivity index (χ2n) is 5.24. The Hall–Kier alpha value is -2.62. The number of aryl methyl sites for hydroxylation is 3. The third kappa shape index (κ3) is 2.09. The Labute approximate surface area is 122 Å². The van der Waals surface area contributed by atoms with Crippen molar-refractivity contribution in [1.82, 2.24) is 9.55 Å². The minimum atomic E-state index is -0.953. The second kappa shape index (κ2) is 4.74. The number of fused-ring (bicyclic) bond motifs is 1. The zero-order chi connectivity index (χ0) is 15.1. The average molecular weight is 280 g/mol. The first-order valence-electron chi connectivity index (χ1n) is 6.78. The molecule has 0 aliphatic carbocycles. The molecule has 2 aromatic carbocycles. The van der Waals surface area contributed by atoms with Crippen molar-refractivity contribution in [3.63, 3.8) is 0 Å². The number of carbonyl (C=O) groups is 1. The van der Waals surface area contributed by atoms with E-state index in [2.05, 4.69) is 31.0 Å². The van der Waals surface area contributed by atoms with Crippen LogP contribution >= 0.6 is 0 Å². The van der Waals surface area contributed by atoms with Crippen LogP contribution < -0.4 is 0 Å². The molecule has 0 unspecified atom stereocenters.